The lowest BCUT2D eigenvalue weighted by atomic mass is 9.96. The minimum Gasteiger partial charge on any atom is -0.382 e. The zero-order valence-corrected chi connectivity index (χ0v) is 15.5. The second-order valence-electron chi connectivity index (χ2n) is 5.60. The number of hydrogen-bond donors (Lipinski definition) is 0. The zero-order valence-electron chi connectivity index (χ0n) is 14.7. The molecular weight excluding hydrogens is 365 g/mol. The molecule has 0 saturated carbocycles. The molecule has 0 aliphatic carbocycles. The van der Waals surface area contributed by atoms with Gasteiger partial charge in [0.05, 0.1) is 18.9 Å². The van der Waals surface area contributed by atoms with E-state index in [1.165, 1.54) is 30.6 Å². The van der Waals surface area contributed by atoms with Crippen LogP contribution in [0.2, 0.25) is 0 Å². The van der Waals surface area contributed by atoms with Gasteiger partial charge in [-0.05, 0) is 36.4 Å². The van der Waals surface area contributed by atoms with Crippen molar-refractivity contribution in [3.63, 3.8) is 0 Å². The lowest BCUT2D eigenvalue weighted by Crippen LogP contribution is -2.25. The van der Waals surface area contributed by atoms with Crippen LogP contribution in [-0.4, -0.2) is 38.2 Å². The summed E-state index contributed by atoms with van der Waals surface area (Å²) in [5.74, 6) is 0. The number of aromatic nitrogens is 1. The summed E-state index contributed by atoms with van der Waals surface area (Å²) in [6.45, 7) is 5.43. The summed E-state index contributed by atoms with van der Waals surface area (Å²) in [6, 6.07) is 2.91. The molecule has 1 unspecified atom stereocenters. The van der Waals surface area contributed by atoms with Crippen LogP contribution in [0.25, 0.3) is 10.6 Å². The minimum absolute atomic E-state index is 0.0129. The largest absolute Gasteiger partial charge is 0.418 e. The van der Waals surface area contributed by atoms with Crippen LogP contribution in [0.5, 0.6) is 0 Å². The molecule has 1 heterocycles. The van der Waals surface area contributed by atoms with Crippen LogP contribution in [0.15, 0.2) is 28.7 Å². The molecule has 0 aliphatic rings. The van der Waals surface area contributed by atoms with E-state index in [0.717, 1.165) is 12.0 Å². The maximum absolute atomic E-state index is 13.6. The Morgan fingerprint density at radius 3 is 2.62 bits per heavy atom. The number of ether oxygens (including phenoxy) is 2. The van der Waals surface area contributed by atoms with E-state index in [9.17, 15) is 13.2 Å². The molecule has 1 aromatic carbocycles. The monoisotopic (exact) mass is 386 g/mol. The molecule has 1 atom stereocenters. The standard InChI is InChI=1S/C18H21F3N2O2S/c1-4-5-13-14(17-23-6-9-26-17)10-12(11-15(13)22-2)16(18(19,20)21)25-8-7-24-3/h6,9-11,16H,2,4-5,7-8H2,1,3H3. The second kappa shape index (κ2) is 9.25. The van der Waals surface area contributed by atoms with Gasteiger partial charge >= 0.3 is 6.18 Å². The Hall–Kier alpha value is -1.77. The maximum atomic E-state index is 13.6. The third-order valence-electron chi connectivity index (χ3n) is 3.75. The molecular formula is C18H21F3N2O2S. The van der Waals surface area contributed by atoms with E-state index < -0.39 is 12.3 Å². The number of aliphatic imine (C=N–C) groups is 1. The first-order valence-electron chi connectivity index (χ1n) is 8.13. The Morgan fingerprint density at radius 1 is 1.31 bits per heavy atom. The molecule has 0 radical (unpaired) electrons. The zero-order chi connectivity index (χ0) is 19.2. The van der Waals surface area contributed by atoms with Gasteiger partial charge < -0.3 is 9.47 Å². The molecule has 1 aromatic heterocycles. The van der Waals surface area contributed by atoms with E-state index in [4.69, 9.17) is 9.47 Å². The molecule has 26 heavy (non-hydrogen) atoms. The SMILES string of the molecule is C=Nc1cc(C(OCCOC)C(F)(F)F)cc(-c2nccs2)c1CCC. The van der Waals surface area contributed by atoms with Gasteiger partial charge in [0, 0.05) is 24.3 Å². The summed E-state index contributed by atoms with van der Waals surface area (Å²) in [5, 5.41) is 2.44. The van der Waals surface area contributed by atoms with Gasteiger partial charge in [0.2, 0.25) is 0 Å². The van der Waals surface area contributed by atoms with Gasteiger partial charge in [-0.25, -0.2) is 4.98 Å². The van der Waals surface area contributed by atoms with Crippen LogP contribution in [0.3, 0.4) is 0 Å². The van der Waals surface area contributed by atoms with Crippen molar-refractivity contribution < 1.29 is 22.6 Å². The highest BCUT2D eigenvalue weighted by Crippen LogP contribution is 2.41. The van der Waals surface area contributed by atoms with Crippen molar-refractivity contribution >= 4 is 23.7 Å². The molecule has 0 N–H and O–H groups in total. The van der Waals surface area contributed by atoms with Crippen LogP contribution in [0.4, 0.5) is 18.9 Å². The molecule has 8 heteroatoms. The molecule has 0 bridgehead atoms. The number of hydrogen-bond acceptors (Lipinski definition) is 5. The van der Waals surface area contributed by atoms with E-state index in [0.29, 0.717) is 22.7 Å². The van der Waals surface area contributed by atoms with Crippen molar-refractivity contribution in [2.24, 2.45) is 4.99 Å². The number of rotatable bonds is 9. The Labute approximate surface area is 154 Å². The predicted octanol–water partition coefficient (Wildman–Crippen LogP) is 5.36. The summed E-state index contributed by atoms with van der Waals surface area (Å²) in [4.78, 5) is 8.22. The predicted molar refractivity (Wildman–Crippen MR) is 97.4 cm³/mol. The average Bonchev–Trinajstić information content (AvgIpc) is 3.12. The van der Waals surface area contributed by atoms with E-state index in [1.54, 1.807) is 11.6 Å². The Kier molecular flexibility index (Phi) is 7.31. The third-order valence-corrected chi connectivity index (χ3v) is 4.56. The van der Waals surface area contributed by atoms with Gasteiger partial charge in [0.15, 0.2) is 6.10 Å². The van der Waals surface area contributed by atoms with Crippen LogP contribution in [0.1, 0.15) is 30.6 Å². The average molecular weight is 386 g/mol. The smallest absolute Gasteiger partial charge is 0.382 e. The Bertz CT molecular complexity index is 718. The number of thiazole rings is 1. The quantitative estimate of drug-likeness (QED) is 0.430. The summed E-state index contributed by atoms with van der Waals surface area (Å²) in [7, 11) is 1.41. The van der Waals surface area contributed by atoms with Crippen LogP contribution in [0, 0.1) is 0 Å². The lowest BCUT2D eigenvalue weighted by molar-refractivity contribution is -0.226. The van der Waals surface area contributed by atoms with E-state index in [1.807, 2.05) is 6.92 Å². The maximum Gasteiger partial charge on any atom is 0.418 e. The normalized spacial score (nSPS) is 13.0. The molecule has 0 aliphatic heterocycles. The molecule has 142 valence electrons. The van der Waals surface area contributed by atoms with Gasteiger partial charge in [-0.2, -0.15) is 13.2 Å². The first kappa shape index (κ1) is 20.5. The lowest BCUT2D eigenvalue weighted by Gasteiger charge is -2.23. The molecule has 2 aromatic rings. The van der Waals surface area contributed by atoms with Crippen LogP contribution >= 0.6 is 11.3 Å². The molecule has 4 nitrogen and oxygen atoms in total. The number of methoxy groups -OCH3 is 1. The Balaban J connectivity index is 2.56. The highest BCUT2D eigenvalue weighted by atomic mass is 32.1. The molecule has 0 spiro atoms. The summed E-state index contributed by atoms with van der Waals surface area (Å²) in [5.41, 5.74) is 1.91. The van der Waals surface area contributed by atoms with Crippen molar-refractivity contribution in [2.75, 3.05) is 20.3 Å². The van der Waals surface area contributed by atoms with Gasteiger partial charge in [-0.3, -0.25) is 4.99 Å². The highest BCUT2D eigenvalue weighted by molar-refractivity contribution is 7.13. The fourth-order valence-corrected chi connectivity index (χ4v) is 3.34. The van der Waals surface area contributed by atoms with Crippen LogP contribution < -0.4 is 0 Å². The molecule has 0 saturated heterocycles. The van der Waals surface area contributed by atoms with E-state index in [2.05, 4.69) is 16.7 Å². The van der Waals surface area contributed by atoms with E-state index >= 15 is 0 Å². The summed E-state index contributed by atoms with van der Waals surface area (Å²) >= 11 is 1.37. The number of nitrogens with zero attached hydrogens (tertiary/aromatic N) is 2. The van der Waals surface area contributed by atoms with E-state index in [-0.39, 0.29) is 18.8 Å². The van der Waals surface area contributed by atoms with Crippen molar-refractivity contribution in [2.45, 2.75) is 32.0 Å². The van der Waals surface area contributed by atoms with Crippen molar-refractivity contribution in [3.8, 4) is 10.6 Å². The van der Waals surface area contributed by atoms with Gasteiger partial charge in [0.25, 0.3) is 0 Å². The third kappa shape index (κ3) is 4.90. The minimum atomic E-state index is -4.56. The molecule has 2 rings (SSSR count). The number of benzene rings is 1. The van der Waals surface area contributed by atoms with Crippen LogP contribution in [-0.2, 0) is 15.9 Å². The fourth-order valence-electron chi connectivity index (χ4n) is 2.66. The first-order chi connectivity index (χ1) is 12.4. The second-order valence-corrected chi connectivity index (χ2v) is 6.49. The highest BCUT2D eigenvalue weighted by Gasteiger charge is 2.42. The first-order valence-corrected chi connectivity index (χ1v) is 9.01. The van der Waals surface area contributed by atoms with Crippen molar-refractivity contribution in [3.05, 3.63) is 34.8 Å². The topological polar surface area (TPSA) is 43.7 Å². The van der Waals surface area contributed by atoms with Crippen molar-refractivity contribution in [1.82, 2.24) is 4.98 Å². The Morgan fingerprint density at radius 2 is 2.08 bits per heavy atom. The number of halogens is 3. The van der Waals surface area contributed by atoms with Gasteiger partial charge in [0.1, 0.15) is 5.01 Å². The summed E-state index contributed by atoms with van der Waals surface area (Å²) in [6.07, 6.45) is -3.50. The molecule has 0 amide bonds. The molecule has 0 fully saturated rings. The fraction of sp³-hybridized carbons (Fsp3) is 0.444. The van der Waals surface area contributed by atoms with Gasteiger partial charge in [-0.1, -0.05) is 13.3 Å². The van der Waals surface area contributed by atoms with Crippen molar-refractivity contribution in [1.29, 1.82) is 0 Å². The summed E-state index contributed by atoms with van der Waals surface area (Å²) < 4.78 is 50.6. The number of alkyl halides is 3. The van der Waals surface area contributed by atoms with Gasteiger partial charge in [-0.15, -0.1) is 11.3 Å².